The summed E-state index contributed by atoms with van der Waals surface area (Å²) in [5.41, 5.74) is -1.39. The van der Waals surface area contributed by atoms with E-state index in [2.05, 4.69) is 5.32 Å². The number of carbonyl (C=O) groups excluding carboxylic acids is 1. The molecule has 0 atom stereocenters. The second kappa shape index (κ2) is 5.03. The predicted molar refractivity (Wildman–Crippen MR) is 56.1 cm³/mol. The highest BCUT2D eigenvalue weighted by Crippen LogP contribution is 2.32. The highest BCUT2D eigenvalue weighted by molar-refractivity contribution is 5.87. The average molecular weight is 268 g/mol. The standard InChI is InChI=1S/C10H15F3N2O3/c1-2-15(6-10(11,12)13)8(18)14-9(7(16)17)4-3-5-9/h2-6H2,1H3,(H,14,18)(H,16,17). The van der Waals surface area contributed by atoms with Gasteiger partial charge in [0.2, 0.25) is 0 Å². The lowest BCUT2D eigenvalue weighted by Crippen LogP contribution is -2.62. The third-order valence-corrected chi connectivity index (χ3v) is 3.00. The smallest absolute Gasteiger partial charge is 0.406 e. The number of carbonyl (C=O) groups is 2. The molecule has 104 valence electrons. The zero-order valence-corrected chi connectivity index (χ0v) is 9.88. The highest BCUT2D eigenvalue weighted by atomic mass is 19.4. The van der Waals surface area contributed by atoms with Gasteiger partial charge in [0.25, 0.3) is 0 Å². The number of amides is 2. The van der Waals surface area contributed by atoms with Crippen molar-refractivity contribution in [3.05, 3.63) is 0 Å². The molecule has 8 heteroatoms. The monoisotopic (exact) mass is 268 g/mol. The molecule has 18 heavy (non-hydrogen) atoms. The van der Waals surface area contributed by atoms with Crippen molar-refractivity contribution in [2.45, 2.75) is 37.9 Å². The van der Waals surface area contributed by atoms with E-state index in [1.165, 1.54) is 6.92 Å². The molecule has 0 heterocycles. The number of nitrogens with zero attached hydrogens (tertiary/aromatic N) is 1. The van der Waals surface area contributed by atoms with Crippen LogP contribution in [-0.2, 0) is 4.79 Å². The molecule has 0 aromatic carbocycles. The van der Waals surface area contributed by atoms with Crippen molar-refractivity contribution >= 4 is 12.0 Å². The summed E-state index contributed by atoms with van der Waals surface area (Å²) in [7, 11) is 0. The number of rotatable bonds is 4. The maximum absolute atomic E-state index is 12.2. The van der Waals surface area contributed by atoms with Crippen molar-refractivity contribution in [1.82, 2.24) is 10.2 Å². The molecule has 0 saturated heterocycles. The first-order valence-corrected chi connectivity index (χ1v) is 5.57. The quantitative estimate of drug-likeness (QED) is 0.813. The topological polar surface area (TPSA) is 69.6 Å². The molecule has 1 aliphatic carbocycles. The third kappa shape index (κ3) is 3.27. The van der Waals surface area contributed by atoms with Crippen molar-refractivity contribution in [3.8, 4) is 0 Å². The van der Waals surface area contributed by atoms with Crippen LogP contribution in [0.15, 0.2) is 0 Å². The minimum atomic E-state index is -4.50. The van der Waals surface area contributed by atoms with Gasteiger partial charge in [-0.25, -0.2) is 9.59 Å². The van der Waals surface area contributed by atoms with Crippen LogP contribution in [0.3, 0.4) is 0 Å². The Labute approximate surface area is 102 Å². The molecule has 0 unspecified atom stereocenters. The van der Waals surface area contributed by atoms with Crippen molar-refractivity contribution < 1.29 is 27.9 Å². The highest BCUT2D eigenvalue weighted by Gasteiger charge is 2.46. The van der Waals surface area contributed by atoms with Crippen LogP contribution >= 0.6 is 0 Å². The second-order valence-electron chi connectivity index (χ2n) is 4.30. The van der Waals surface area contributed by atoms with Gasteiger partial charge in [-0.2, -0.15) is 13.2 Å². The molecule has 0 aromatic heterocycles. The minimum absolute atomic E-state index is 0.138. The van der Waals surface area contributed by atoms with Crippen LogP contribution < -0.4 is 5.32 Å². The van der Waals surface area contributed by atoms with Crippen LogP contribution in [0.4, 0.5) is 18.0 Å². The summed E-state index contributed by atoms with van der Waals surface area (Å²) in [6.45, 7) is -0.119. The summed E-state index contributed by atoms with van der Waals surface area (Å²) in [5, 5.41) is 11.2. The molecule has 0 bridgehead atoms. The molecule has 2 N–H and O–H groups in total. The fourth-order valence-corrected chi connectivity index (χ4v) is 1.75. The molecule has 1 saturated carbocycles. The fourth-order valence-electron chi connectivity index (χ4n) is 1.75. The molecule has 1 fully saturated rings. The summed E-state index contributed by atoms with van der Waals surface area (Å²) < 4.78 is 36.6. The van der Waals surface area contributed by atoms with Gasteiger partial charge in [0.1, 0.15) is 12.1 Å². The SMILES string of the molecule is CCN(CC(F)(F)F)C(=O)NC1(C(=O)O)CCC1. The van der Waals surface area contributed by atoms with E-state index in [9.17, 15) is 22.8 Å². The minimum Gasteiger partial charge on any atom is -0.480 e. The van der Waals surface area contributed by atoms with Gasteiger partial charge < -0.3 is 15.3 Å². The van der Waals surface area contributed by atoms with Gasteiger partial charge in [0.05, 0.1) is 0 Å². The fraction of sp³-hybridized carbons (Fsp3) is 0.800. The number of halogens is 3. The zero-order valence-electron chi connectivity index (χ0n) is 9.88. The van der Waals surface area contributed by atoms with E-state index in [0.29, 0.717) is 11.3 Å². The van der Waals surface area contributed by atoms with Crippen molar-refractivity contribution in [2.75, 3.05) is 13.1 Å². The Morgan fingerprint density at radius 2 is 1.94 bits per heavy atom. The summed E-state index contributed by atoms with van der Waals surface area (Å²) >= 11 is 0. The van der Waals surface area contributed by atoms with Crippen LogP contribution in [-0.4, -0.2) is 46.8 Å². The Morgan fingerprint density at radius 3 is 2.22 bits per heavy atom. The number of urea groups is 1. The van der Waals surface area contributed by atoms with Gasteiger partial charge >= 0.3 is 18.2 Å². The molecule has 1 rings (SSSR count). The summed E-state index contributed by atoms with van der Waals surface area (Å²) in [6, 6.07) is -0.989. The van der Waals surface area contributed by atoms with E-state index in [1.807, 2.05) is 0 Å². The molecule has 0 radical (unpaired) electrons. The van der Waals surface area contributed by atoms with E-state index >= 15 is 0 Å². The Bertz CT molecular complexity index is 340. The first kappa shape index (κ1) is 14.6. The molecular formula is C10H15F3N2O3. The van der Waals surface area contributed by atoms with Crippen LogP contribution in [0.2, 0.25) is 0 Å². The van der Waals surface area contributed by atoms with Gasteiger partial charge in [-0.15, -0.1) is 0 Å². The molecule has 5 nitrogen and oxygen atoms in total. The number of hydrogen-bond donors (Lipinski definition) is 2. The predicted octanol–water partition coefficient (Wildman–Crippen LogP) is 1.59. The zero-order chi connectivity index (χ0) is 14.0. The van der Waals surface area contributed by atoms with Crippen LogP contribution in [0.5, 0.6) is 0 Å². The van der Waals surface area contributed by atoms with Crippen LogP contribution in [0, 0.1) is 0 Å². The molecule has 0 aromatic rings. The number of carboxylic acids is 1. The van der Waals surface area contributed by atoms with E-state index < -0.39 is 30.3 Å². The molecule has 0 spiro atoms. The van der Waals surface area contributed by atoms with Gasteiger partial charge in [-0.3, -0.25) is 0 Å². The van der Waals surface area contributed by atoms with E-state index in [0.717, 1.165) is 0 Å². The van der Waals surface area contributed by atoms with Gasteiger partial charge in [-0.05, 0) is 26.2 Å². The van der Waals surface area contributed by atoms with Crippen molar-refractivity contribution in [1.29, 1.82) is 0 Å². The van der Waals surface area contributed by atoms with Crippen LogP contribution in [0.1, 0.15) is 26.2 Å². The number of hydrogen-bond acceptors (Lipinski definition) is 2. The Kier molecular flexibility index (Phi) is 4.08. The van der Waals surface area contributed by atoms with E-state index in [1.54, 1.807) is 0 Å². The maximum atomic E-state index is 12.2. The van der Waals surface area contributed by atoms with Gasteiger partial charge in [0.15, 0.2) is 0 Å². The number of alkyl halides is 3. The number of aliphatic carboxylic acids is 1. The van der Waals surface area contributed by atoms with Crippen molar-refractivity contribution in [3.63, 3.8) is 0 Å². The number of nitrogens with one attached hydrogen (secondary N) is 1. The van der Waals surface area contributed by atoms with Gasteiger partial charge in [-0.1, -0.05) is 0 Å². The maximum Gasteiger partial charge on any atom is 0.406 e. The lowest BCUT2D eigenvalue weighted by molar-refractivity contribution is -0.148. The normalized spacial score (nSPS) is 17.8. The molecule has 1 aliphatic rings. The third-order valence-electron chi connectivity index (χ3n) is 3.00. The van der Waals surface area contributed by atoms with E-state index in [-0.39, 0.29) is 19.4 Å². The molecule has 2 amide bonds. The first-order chi connectivity index (χ1) is 8.20. The molecular weight excluding hydrogens is 253 g/mol. The Morgan fingerprint density at radius 1 is 1.39 bits per heavy atom. The Balaban J connectivity index is 2.65. The largest absolute Gasteiger partial charge is 0.480 e. The summed E-state index contributed by atoms with van der Waals surface area (Å²) in [4.78, 5) is 23.1. The average Bonchev–Trinajstić information content (AvgIpc) is 2.17. The van der Waals surface area contributed by atoms with E-state index in [4.69, 9.17) is 5.11 Å². The lowest BCUT2D eigenvalue weighted by Gasteiger charge is -2.39. The second-order valence-corrected chi connectivity index (χ2v) is 4.30. The lowest BCUT2D eigenvalue weighted by atomic mass is 9.77. The summed E-state index contributed by atoms with van der Waals surface area (Å²) in [5.74, 6) is -1.20. The molecule has 0 aliphatic heterocycles. The van der Waals surface area contributed by atoms with Crippen molar-refractivity contribution in [2.24, 2.45) is 0 Å². The number of carboxylic acid groups (broad SMARTS) is 1. The van der Waals surface area contributed by atoms with Crippen LogP contribution in [0.25, 0.3) is 0 Å². The first-order valence-electron chi connectivity index (χ1n) is 5.57. The summed E-state index contributed by atoms with van der Waals surface area (Å²) in [6.07, 6.45) is -3.36. The Hall–Kier alpha value is -1.47. The van der Waals surface area contributed by atoms with Gasteiger partial charge in [0, 0.05) is 6.54 Å².